The number of hydrogen-bond acceptors (Lipinski definition) is 8. The Labute approximate surface area is 367 Å². The van der Waals surface area contributed by atoms with Crippen molar-refractivity contribution in [2.24, 2.45) is 5.92 Å². The van der Waals surface area contributed by atoms with Crippen LogP contribution in [0.4, 0.5) is 0 Å². The zero-order chi connectivity index (χ0) is 42.5. The van der Waals surface area contributed by atoms with E-state index in [1.165, 1.54) is 44.5 Å². The SMILES string of the molecule is C=CC(=O)OCCOCCOc1ccc(C2(c3ccc(OCCOCCOC(=O)C4CC5c6ccccc6C4c4ccc(Cl)cc45)cc3)c3ccccc3-c3ccccc32)cc1. The van der Waals surface area contributed by atoms with E-state index in [1.54, 1.807) is 0 Å². The molecule has 8 nitrogen and oxygen atoms in total. The first kappa shape index (κ1) is 41.2. The van der Waals surface area contributed by atoms with E-state index in [1.807, 2.05) is 36.4 Å². The monoisotopic (exact) mass is 846 g/mol. The molecule has 0 N–H and O–H groups in total. The summed E-state index contributed by atoms with van der Waals surface area (Å²) in [6.45, 7) is 5.72. The molecule has 0 saturated heterocycles. The zero-order valence-electron chi connectivity index (χ0n) is 34.3. The summed E-state index contributed by atoms with van der Waals surface area (Å²) >= 11 is 6.39. The van der Waals surface area contributed by atoms with Crippen LogP contribution in [0.2, 0.25) is 5.02 Å². The normalized spacial score (nSPS) is 17.2. The van der Waals surface area contributed by atoms with Crippen molar-refractivity contribution in [3.8, 4) is 22.6 Å². The molecule has 0 saturated carbocycles. The number of esters is 2. The fourth-order valence-electron chi connectivity index (χ4n) is 9.72. The van der Waals surface area contributed by atoms with Crippen molar-refractivity contribution in [3.05, 3.63) is 202 Å². The Kier molecular flexibility index (Phi) is 12.2. The summed E-state index contributed by atoms with van der Waals surface area (Å²) in [5.41, 5.74) is 11.3. The number of halogens is 1. The summed E-state index contributed by atoms with van der Waals surface area (Å²) < 4.78 is 34.3. The first-order valence-electron chi connectivity index (χ1n) is 21.1. The highest BCUT2D eigenvalue weighted by Crippen LogP contribution is 2.57. The van der Waals surface area contributed by atoms with E-state index < -0.39 is 11.4 Å². The maximum Gasteiger partial charge on any atom is 0.330 e. The molecule has 6 aromatic carbocycles. The van der Waals surface area contributed by atoms with Gasteiger partial charge in [0.05, 0.1) is 37.8 Å². The van der Waals surface area contributed by atoms with Gasteiger partial charge in [-0.1, -0.05) is 121 Å². The molecule has 0 fully saturated rings. The summed E-state index contributed by atoms with van der Waals surface area (Å²) in [5.74, 6) is 0.638. The number of carbonyl (C=O) groups excluding carboxylic acids is 2. The highest BCUT2D eigenvalue weighted by molar-refractivity contribution is 6.30. The number of carbonyl (C=O) groups is 2. The minimum absolute atomic E-state index is 0.0445. The molecular weight excluding hydrogens is 800 g/mol. The number of ether oxygens (including phenoxy) is 6. The highest BCUT2D eigenvalue weighted by atomic mass is 35.5. The standard InChI is InChI=1S/C53H47ClO8/c1-2-50(55)61-31-27-57-25-29-59-38-20-15-35(16-21-38)53(48-13-7-5-10-41(48)42-11-6-8-14-49(42)53)36-17-22-39(23-18-36)60-30-26-58-28-32-62-52(56)47-34-46-40-9-3-4-12-43(40)51(47)44-24-19-37(54)33-45(44)46/h2-24,33,46-47,51H,1,25-32,34H2. The largest absolute Gasteiger partial charge is 0.491 e. The molecule has 0 spiro atoms. The number of rotatable bonds is 18. The van der Waals surface area contributed by atoms with Gasteiger partial charge in [0, 0.05) is 22.9 Å². The van der Waals surface area contributed by atoms with Crippen molar-refractivity contribution in [2.75, 3.05) is 52.9 Å². The predicted molar refractivity (Wildman–Crippen MR) is 238 cm³/mol. The van der Waals surface area contributed by atoms with Crippen LogP contribution >= 0.6 is 11.6 Å². The van der Waals surface area contributed by atoms with Crippen LogP contribution in [0.15, 0.2) is 152 Å². The van der Waals surface area contributed by atoms with Crippen LogP contribution in [0.3, 0.4) is 0 Å². The predicted octanol–water partition coefficient (Wildman–Crippen LogP) is 10.1. The lowest BCUT2D eigenvalue weighted by Gasteiger charge is -2.44. The summed E-state index contributed by atoms with van der Waals surface area (Å²) in [4.78, 5) is 24.7. The lowest BCUT2D eigenvalue weighted by Crippen LogP contribution is -2.37. The Hall–Kier alpha value is -6.19. The fraction of sp³-hybridized carbons (Fsp3) is 0.245. The van der Waals surface area contributed by atoms with Crippen molar-refractivity contribution in [3.63, 3.8) is 0 Å². The van der Waals surface area contributed by atoms with Gasteiger partial charge in [-0.2, -0.15) is 0 Å². The Morgan fingerprint density at radius 3 is 1.69 bits per heavy atom. The first-order chi connectivity index (χ1) is 30.5. The van der Waals surface area contributed by atoms with Gasteiger partial charge >= 0.3 is 11.9 Å². The van der Waals surface area contributed by atoms with Gasteiger partial charge in [-0.25, -0.2) is 4.79 Å². The molecule has 2 bridgehead atoms. The van der Waals surface area contributed by atoms with Gasteiger partial charge in [-0.05, 0) is 98.5 Å². The molecule has 3 unspecified atom stereocenters. The Balaban J connectivity index is 0.808. The van der Waals surface area contributed by atoms with Crippen LogP contribution in [-0.4, -0.2) is 64.8 Å². The lowest BCUT2D eigenvalue weighted by atomic mass is 9.59. The second-order valence-corrected chi connectivity index (χ2v) is 16.1. The third-order valence-electron chi connectivity index (χ3n) is 12.3. The minimum Gasteiger partial charge on any atom is -0.491 e. The van der Waals surface area contributed by atoms with E-state index in [0.717, 1.165) is 33.7 Å². The van der Waals surface area contributed by atoms with Gasteiger partial charge in [0.25, 0.3) is 0 Å². The topological polar surface area (TPSA) is 89.5 Å². The van der Waals surface area contributed by atoms with Crippen molar-refractivity contribution >= 4 is 23.5 Å². The molecular formula is C53H47ClO8. The molecule has 4 aliphatic rings. The molecule has 6 aromatic rings. The van der Waals surface area contributed by atoms with Crippen molar-refractivity contribution in [2.45, 2.75) is 23.7 Å². The molecule has 0 amide bonds. The van der Waals surface area contributed by atoms with E-state index in [-0.39, 0.29) is 50.2 Å². The van der Waals surface area contributed by atoms with Crippen LogP contribution < -0.4 is 9.47 Å². The summed E-state index contributed by atoms with van der Waals surface area (Å²) in [6, 6.07) is 48.2. The molecule has 9 heteroatoms. The van der Waals surface area contributed by atoms with Gasteiger partial charge < -0.3 is 28.4 Å². The lowest BCUT2D eigenvalue weighted by molar-refractivity contribution is -0.151. The Morgan fingerprint density at radius 1 is 0.581 bits per heavy atom. The summed E-state index contributed by atoms with van der Waals surface area (Å²) in [7, 11) is 0. The van der Waals surface area contributed by atoms with Crippen molar-refractivity contribution in [1.29, 1.82) is 0 Å². The van der Waals surface area contributed by atoms with Gasteiger partial charge in [-0.15, -0.1) is 0 Å². The molecule has 10 rings (SSSR count). The maximum atomic E-state index is 13.5. The smallest absolute Gasteiger partial charge is 0.330 e. The number of fused-ring (bicyclic) bond motifs is 4. The molecule has 0 aromatic heterocycles. The Morgan fingerprint density at radius 2 is 1.10 bits per heavy atom. The average molecular weight is 847 g/mol. The molecule has 0 radical (unpaired) electrons. The minimum atomic E-state index is -0.575. The third-order valence-corrected chi connectivity index (χ3v) is 12.5. The highest BCUT2D eigenvalue weighted by Gasteiger charge is 2.47. The van der Waals surface area contributed by atoms with Crippen LogP contribution in [-0.2, 0) is 34.0 Å². The van der Waals surface area contributed by atoms with E-state index in [0.29, 0.717) is 32.8 Å². The van der Waals surface area contributed by atoms with E-state index in [2.05, 4.69) is 110 Å². The van der Waals surface area contributed by atoms with Crippen LogP contribution in [0.1, 0.15) is 62.8 Å². The van der Waals surface area contributed by atoms with Crippen LogP contribution in [0, 0.1) is 5.92 Å². The van der Waals surface area contributed by atoms with Gasteiger partial charge in [0.15, 0.2) is 0 Å². The maximum absolute atomic E-state index is 13.5. The van der Waals surface area contributed by atoms with Gasteiger partial charge in [0.1, 0.15) is 37.9 Å². The second-order valence-electron chi connectivity index (χ2n) is 15.6. The molecule has 3 atom stereocenters. The van der Waals surface area contributed by atoms with E-state index >= 15 is 0 Å². The molecule has 62 heavy (non-hydrogen) atoms. The number of benzene rings is 6. The molecule has 4 aliphatic carbocycles. The second kappa shape index (κ2) is 18.4. The molecule has 314 valence electrons. The zero-order valence-corrected chi connectivity index (χ0v) is 35.1. The van der Waals surface area contributed by atoms with Crippen molar-refractivity contribution < 1.29 is 38.0 Å². The van der Waals surface area contributed by atoms with Gasteiger partial charge in [0.2, 0.25) is 0 Å². The van der Waals surface area contributed by atoms with E-state index in [4.69, 9.17) is 40.0 Å². The quantitative estimate of drug-likeness (QED) is 0.0479. The fourth-order valence-corrected chi connectivity index (χ4v) is 9.90. The average Bonchev–Trinajstić information content (AvgIpc) is 3.62. The Bertz CT molecular complexity index is 2520. The molecule has 0 heterocycles. The van der Waals surface area contributed by atoms with E-state index in [9.17, 15) is 9.59 Å². The number of hydrogen-bond donors (Lipinski definition) is 0. The third kappa shape index (κ3) is 7.90. The first-order valence-corrected chi connectivity index (χ1v) is 21.5. The van der Waals surface area contributed by atoms with Crippen LogP contribution in [0.25, 0.3) is 11.1 Å². The van der Waals surface area contributed by atoms with Gasteiger partial charge in [-0.3, -0.25) is 4.79 Å². The summed E-state index contributed by atoms with van der Waals surface area (Å²) in [6.07, 6.45) is 1.84. The summed E-state index contributed by atoms with van der Waals surface area (Å²) in [5, 5.41) is 0.718. The van der Waals surface area contributed by atoms with Crippen LogP contribution in [0.5, 0.6) is 11.5 Å². The van der Waals surface area contributed by atoms with Crippen molar-refractivity contribution in [1.82, 2.24) is 0 Å². The molecule has 0 aliphatic heterocycles.